The van der Waals surface area contributed by atoms with Crippen molar-refractivity contribution in [1.29, 1.82) is 0 Å². The van der Waals surface area contributed by atoms with Crippen molar-refractivity contribution in [2.45, 2.75) is 32.6 Å². The number of nitrogens with zero attached hydrogens (tertiary/aromatic N) is 1. The molecule has 1 fully saturated rings. The fourth-order valence-electron chi connectivity index (χ4n) is 2.15. The Morgan fingerprint density at radius 2 is 2.38 bits per heavy atom. The average Bonchev–Trinajstić information content (AvgIpc) is 2.93. The number of rotatable bonds is 3. The van der Waals surface area contributed by atoms with Gasteiger partial charge in [0.05, 0.1) is 10.7 Å². The van der Waals surface area contributed by atoms with E-state index in [-0.39, 0.29) is 0 Å². The van der Waals surface area contributed by atoms with E-state index in [1.165, 1.54) is 29.1 Å². The van der Waals surface area contributed by atoms with Gasteiger partial charge in [0, 0.05) is 11.3 Å². The third-order valence-corrected chi connectivity index (χ3v) is 4.74. The van der Waals surface area contributed by atoms with Crippen LogP contribution in [0.1, 0.15) is 43.3 Å². The molecule has 0 bridgehead atoms. The lowest BCUT2D eigenvalue weighted by molar-refractivity contribution is 0.726. The summed E-state index contributed by atoms with van der Waals surface area (Å²) in [5.74, 6) is 2.26. The van der Waals surface area contributed by atoms with Crippen molar-refractivity contribution in [1.82, 2.24) is 4.98 Å². The van der Waals surface area contributed by atoms with Crippen LogP contribution in [-0.2, 0) is 0 Å². The second-order valence-corrected chi connectivity index (χ2v) is 5.81. The van der Waals surface area contributed by atoms with Gasteiger partial charge in [-0.2, -0.15) is 0 Å². The molecule has 0 aliphatic heterocycles. The van der Waals surface area contributed by atoms with E-state index in [4.69, 9.17) is 4.98 Å². The SMILES string of the molecule is CCC(C)c1nc(C2=CC3CC3C=C2)cs1. The monoisotopic (exact) mass is 231 g/mol. The van der Waals surface area contributed by atoms with Crippen LogP contribution in [-0.4, -0.2) is 4.98 Å². The second kappa shape index (κ2) is 3.85. The van der Waals surface area contributed by atoms with E-state index < -0.39 is 0 Å². The number of hydrogen-bond acceptors (Lipinski definition) is 2. The summed E-state index contributed by atoms with van der Waals surface area (Å²) in [6.07, 6.45) is 9.53. The molecule has 16 heavy (non-hydrogen) atoms. The fourth-order valence-corrected chi connectivity index (χ4v) is 3.13. The minimum absolute atomic E-state index is 0.598. The Bertz CT molecular complexity index is 455. The Kier molecular flexibility index (Phi) is 2.47. The van der Waals surface area contributed by atoms with Crippen LogP contribution in [0.4, 0.5) is 0 Å². The van der Waals surface area contributed by atoms with E-state index in [1.54, 1.807) is 11.3 Å². The third kappa shape index (κ3) is 1.75. The summed E-state index contributed by atoms with van der Waals surface area (Å²) in [7, 11) is 0. The maximum Gasteiger partial charge on any atom is 0.0960 e. The van der Waals surface area contributed by atoms with Gasteiger partial charge < -0.3 is 0 Å². The minimum Gasteiger partial charge on any atom is -0.241 e. The van der Waals surface area contributed by atoms with Gasteiger partial charge in [-0.15, -0.1) is 11.3 Å². The van der Waals surface area contributed by atoms with Crippen molar-refractivity contribution in [3.63, 3.8) is 0 Å². The lowest BCUT2D eigenvalue weighted by atomic mass is 10.1. The van der Waals surface area contributed by atoms with E-state index in [0.717, 1.165) is 11.8 Å². The number of allylic oxidation sites excluding steroid dienone is 4. The standard InChI is InChI=1S/C14H17NS/c1-3-9(2)14-15-13(8-16-14)11-5-4-10-6-12(10)7-11/h4-5,7-10,12H,3,6H2,1-2H3. The smallest absolute Gasteiger partial charge is 0.0960 e. The van der Waals surface area contributed by atoms with Crippen LogP contribution in [0.2, 0.25) is 0 Å². The highest BCUT2D eigenvalue weighted by atomic mass is 32.1. The van der Waals surface area contributed by atoms with Gasteiger partial charge >= 0.3 is 0 Å². The Morgan fingerprint density at radius 1 is 1.50 bits per heavy atom. The molecule has 1 heterocycles. The quantitative estimate of drug-likeness (QED) is 0.758. The summed E-state index contributed by atoms with van der Waals surface area (Å²) in [4.78, 5) is 4.76. The predicted molar refractivity (Wildman–Crippen MR) is 69.5 cm³/mol. The van der Waals surface area contributed by atoms with Gasteiger partial charge in [-0.05, 0) is 30.3 Å². The van der Waals surface area contributed by atoms with E-state index in [9.17, 15) is 0 Å². The van der Waals surface area contributed by atoms with Crippen molar-refractivity contribution in [3.05, 3.63) is 34.3 Å². The summed E-state index contributed by atoms with van der Waals surface area (Å²) in [5, 5.41) is 3.49. The molecule has 0 aromatic carbocycles. The molecule has 0 saturated heterocycles. The molecule has 0 N–H and O–H groups in total. The van der Waals surface area contributed by atoms with Crippen LogP contribution in [0.5, 0.6) is 0 Å². The van der Waals surface area contributed by atoms with E-state index in [1.807, 2.05) is 0 Å². The molecule has 2 aliphatic rings. The molecule has 1 saturated carbocycles. The first-order valence-corrected chi connectivity index (χ1v) is 7.01. The first kappa shape index (κ1) is 10.3. The Balaban J connectivity index is 1.84. The van der Waals surface area contributed by atoms with Crippen LogP contribution >= 0.6 is 11.3 Å². The number of hydrogen-bond donors (Lipinski definition) is 0. The minimum atomic E-state index is 0.598. The van der Waals surface area contributed by atoms with E-state index in [0.29, 0.717) is 5.92 Å². The maximum absolute atomic E-state index is 4.76. The predicted octanol–water partition coefficient (Wildman–Crippen LogP) is 4.25. The van der Waals surface area contributed by atoms with Gasteiger partial charge in [-0.3, -0.25) is 0 Å². The molecule has 2 heteroatoms. The molecule has 0 spiro atoms. The van der Waals surface area contributed by atoms with Gasteiger partial charge in [0.25, 0.3) is 0 Å². The summed E-state index contributed by atoms with van der Waals surface area (Å²) in [6.45, 7) is 4.48. The Morgan fingerprint density at radius 3 is 3.12 bits per heavy atom. The molecule has 3 atom stereocenters. The first-order chi connectivity index (χ1) is 7.78. The zero-order valence-electron chi connectivity index (χ0n) is 9.81. The molecule has 1 aromatic heterocycles. The molecule has 1 nitrogen and oxygen atoms in total. The Hall–Kier alpha value is -0.890. The van der Waals surface area contributed by atoms with Crippen LogP contribution in [0, 0.1) is 11.8 Å². The summed E-state index contributed by atoms with van der Waals surface area (Å²) >= 11 is 1.80. The highest BCUT2D eigenvalue weighted by Gasteiger charge is 2.35. The second-order valence-electron chi connectivity index (χ2n) is 4.92. The zero-order chi connectivity index (χ0) is 11.1. The van der Waals surface area contributed by atoms with Gasteiger partial charge in [-0.25, -0.2) is 4.98 Å². The zero-order valence-corrected chi connectivity index (χ0v) is 10.6. The summed E-state index contributed by atoms with van der Waals surface area (Å²) in [5.41, 5.74) is 2.52. The molecule has 2 aliphatic carbocycles. The molecule has 3 rings (SSSR count). The lowest BCUT2D eigenvalue weighted by Gasteiger charge is -2.04. The van der Waals surface area contributed by atoms with Gasteiger partial charge in [0.1, 0.15) is 0 Å². The van der Waals surface area contributed by atoms with Crippen molar-refractivity contribution in [2.75, 3.05) is 0 Å². The number of aromatic nitrogens is 1. The van der Waals surface area contributed by atoms with Crippen molar-refractivity contribution < 1.29 is 0 Å². The maximum atomic E-state index is 4.76. The third-order valence-electron chi connectivity index (χ3n) is 3.66. The molecule has 0 amide bonds. The van der Waals surface area contributed by atoms with Crippen LogP contribution < -0.4 is 0 Å². The van der Waals surface area contributed by atoms with Crippen LogP contribution in [0.25, 0.3) is 5.57 Å². The molecule has 0 radical (unpaired) electrons. The highest BCUT2D eigenvalue weighted by molar-refractivity contribution is 7.09. The molecule has 84 valence electrons. The van der Waals surface area contributed by atoms with Gasteiger partial charge in [-0.1, -0.05) is 32.1 Å². The van der Waals surface area contributed by atoms with Crippen molar-refractivity contribution in [2.24, 2.45) is 11.8 Å². The molecule has 3 unspecified atom stereocenters. The molecular weight excluding hydrogens is 214 g/mol. The summed E-state index contributed by atoms with van der Waals surface area (Å²) < 4.78 is 0. The lowest BCUT2D eigenvalue weighted by Crippen LogP contribution is -1.92. The fraction of sp³-hybridized carbons (Fsp3) is 0.500. The van der Waals surface area contributed by atoms with Crippen molar-refractivity contribution in [3.8, 4) is 0 Å². The number of fused-ring (bicyclic) bond motifs is 1. The number of thiazole rings is 1. The van der Waals surface area contributed by atoms with E-state index in [2.05, 4.69) is 37.5 Å². The van der Waals surface area contributed by atoms with Crippen molar-refractivity contribution >= 4 is 16.9 Å². The van der Waals surface area contributed by atoms with Crippen LogP contribution in [0.15, 0.2) is 23.6 Å². The molecular formula is C14H17NS. The van der Waals surface area contributed by atoms with Gasteiger partial charge in [0.15, 0.2) is 0 Å². The Labute approximate surface area is 101 Å². The molecule has 1 aromatic rings. The van der Waals surface area contributed by atoms with Gasteiger partial charge in [0.2, 0.25) is 0 Å². The summed E-state index contributed by atoms with van der Waals surface area (Å²) in [6, 6.07) is 0. The largest absolute Gasteiger partial charge is 0.241 e. The first-order valence-electron chi connectivity index (χ1n) is 6.13. The van der Waals surface area contributed by atoms with E-state index >= 15 is 0 Å². The van der Waals surface area contributed by atoms with Crippen LogP contribution in [0.3, 0.4) is 0 Å². The topological polar surface area (TPSA) is 12.9 Å². The normalized spacial score (nSPS) is 28.5. The average molecular weight is 231 g/mol. The highest BCUT2D eigenvalue weighted by Crippen LogP contribution is 2.46.